The van der Waals surface area contributed by atoms with Crippen LogP contribution in [0.3, 0.4) is 0 Å². The van der Waals surface area contributed by atoms with Crippen LogP contribution in [0.2, 0.25) is 0 Å². The lowest BCUT2D eigenvalue weighted by Crippen LogP contribution is -2.13. The molecule has 4 aromatic rings. The standard InChI is InChI=1S/C21H19N3O2S/c1-26-16-9-7-14(8-10-16)17-12-27-21-19(17)20(23-13-24-21)22-11-18(25)15-5-3-2-4-6-15/h2-10,12-13,18,25H,11H2,1H3,(H,22,23,24). The number of aromatic nitrogens is 2. The second-order valence-electron chi connectivity index (χ2n) is 6.09. The number of aliphatic hydroxyl groups is 1. The molecule has 4 rings (SSSR count). The Labute approximate surface area is 161 Å². The SMILES string of the molecule is COc1ccc(-c2csc3ncnc(NCC(O)c4ccccc4)c23)cc1. The van der Waals surface area contributed by atoms with Gasteiger partial charge in [0.15, 0.2) is 0 Å². The van der Waals surface area contributed by atoms with Gasteiger partial charge in [-0.15, -0.1) is 11.3 Å². The number of ether oxygens (including phenoxy) is 1. The van der Waals surface area contributed by atoms with E-state index in [0.29, 0.717) is 6.54 Å². The van der Waals surface area contributed by atoms with Gasteiger partial charge in [0.1, 0.15) is 22.7 Å². The molecule has 0 saturated heterocycles. The first-order valence-corrected chi connectivity index (χ1v) is 9.47. The van der Waals surface area contributed by atoms with Gasteiger partial charge in [-0.3, -0.25) is 0 Å². The molecule has 2 N–H and O–H groups in total. The molecule has 0 bridgehead atoms. The first-order valence-electron chi connectivity index (χ1n) is 8.60. The molecule has 2 heterocycles. The van der Waals surface area contributed by atoms with Gasteiger partial charge in [-0.05, 0) is 23.3 Å². The molecule has 0 fully saturated rings. The van der Waals surface area contributed by atoms with Crippen LogP contribution in [0.15, 0.2) is 66.3 Å². The number of methoxy groups -OCH3 is 1. The predicted molar refractivity (Wildman–Crippen MR) is 109 cm³/mol. The molecule has 1 unspecified atom stereocenters. The summed E-state index contributed by atoms with van der Waals surface area (Å²) in [5, 5.41) is 16.8. The summed E-state index contributed by atoms with van der Waals surface area (Å²) < 4.78 is 5.24. The zero-order valence-corrected chi connectivity index (χ0v) is 15.6. The quantitative estimate of drug-likeness (QED) is 0.517. The van der Waals surface area contributed by atoms with Crippen LogP contribution in [0.25, 0.3) is 21.3 Å². The molecule has 6 heteroatoms. The molecule has 1 atom stereocenters. The van der Waals surface area contributed by atoms with Gasteiger partial charge in [0, 0.05) is 17.5 Å². The van der Waals surface area contributed by atoms with E-state index in [-0.39, 0.29) is 0 Å². The van der Waals surface area contributed by atoms with Gasteiger partial charge in [-0.2, -0.15) is 0 Å². The summed E-state index contributed by atoms with van der Waals surface area (Å²) in [6, 6.07) is 17.5. The van der Waals surface area contributed by atoms with Gasteiger partial charge in [0.25, 0.3) is 0 Å². The van der Waals surface area contributed by atoms with Crippen LogP contribution in [0.5, 0.6) is 5.75 Å². The Morgan fingerprint density at radius 3 is 2.59 bits per heavy atom. The van der Waals surface area contributed by atoms with E-state index in [4.69, 9.17) is 4.74 Å². The van der Waals surface area contributed by atoms with Crippen molar-refractivity contribution in [1.82, 2.24) is 9.97 Å². The minimum absolute atomic E-state index is 0.369. The molecule has 2 aromatic carbocycles. The predicted octanol–water partition coefficient (Wildman–Crippen LogP) is 4.51. The number of anilines is 1. The van der Waals surface area contributed by atoms with Gasteiger partial charge in [0.05, 0.1) is 18.6 Å². The van der Waals surface area contributed by atoms with Crippen molar-refractivity contribution in [3.05, 3.63) is 71.9 Å². The summed E-state index contributed by atoms with van der Waals surface area (Å²) in [7, 11) is 1.66. The Balaban J connectivity index is 1.64. The van der Waals surface area contributed by atoms with Crippen molar-refractivity contribution >= 4 is 27.4 Å². The molecule has 5 nitrogen and oxygen atoms in total. The highest BCUT2D eigenvalue weighted by Crippen LogP contribution is 2.37. The molecule has 0 radical (unpaired) electrons. The van der Waals surface area contributed by atoms with E-state index in [2.05, 4.69) is 20.7 Å². The van der Waals surface area contributed by atoms with E-state index >= 15 is 0 Å². The van der Waals surface area contributed by atoms with E-state index < -0.39 is 6.10 Å². The lowest BCUT2D eigenvalue weighted by Gasteiger charge is -2.13. The molecule has 0 amide bonds. The molecule has 136 valence electrons. The van der Waals surface area contributed by atoms with Crippen LogP contribution < -0.4 is 10.1 Å². The summed E-state index contributed by atoms with van der Waals surface area (Å²) in [4.78, 5) is 9.71. The monoisotopic (exact) mass is 377 g/mol. The molecular formula is C21H19N3O2S. The van der Waals surface area contributed by atoms with Crippen molar-refractivity contribution in [1.29, 1.82) is 0 Å². The Kier molecular flexibility index (Phi) is 5.00. The number of aliphatic hydroxyl groups excluding tert-OH is 1. The number of rotatable bonds is 6. The van der Waals surface area contributed by atoms with Gasteiger partial charge < -0.3 is 15.2 Å². The lowest BCUT2D eigenvalue weighted by molar-refractivity contribution is 0.191. The van der Waals surface area contributed by atoms with Crippen molar-refractivity contribution in [3.63, 3.8) is 0 Å². The van der Waals surface area contributed by atoms with Gasteiger partial charge in [-0.1, -0.05) is 42.5 Å². The van der Waals surface area contributed by atoms with Crippen molar-refractivity contribution in [2.45, 2.75) is 6.10 Å². The van der Waals surface area contributed by atoms with Gasteiger partial charge in [-0.25, -0.2) is 9.97 Å². The largest absolute Gasteiger partial charge is 0.497 e. The maximum absolute atomic E-state index is 10.4. The second kappa shape index (κ2) is 7.73. The molecule has 0 aliphatic heterocycles. The average molecular weight is 377 g/mol. The molecule has 0 spiro atoms. The van der Waals surface area contributed by atoms with E-state index in [1.807, 2.05) is 54.6 Å². The molecule has 0 saturated carbocycles. The van der Waals surface area contributed by atoms with Crippen LogP contribution in [-0.4, -0.2) is 28.7 Å². The van der Waals surface area contributed by atoms with Crippen LogP contribution in [0, 0.1) is 0 Å². The third-order valence-electron chi connectivity index (χ3n) is 4.42. The number of thiophene rings is 1. The Morgan fingerprint density at radius 1 is 1.07 bits per heavy atom. The number of nitrogens with one attached hydrogen (secondary N) is 1. The fraction of sp³-hybridized carbons (Fsp3) is 0.143. The highest BCUT2D eigenvalue weighted by molar-refractivity contribution is 7.17. The Morgan fingerprint density at radius 2 is 1.85 bits per heavy atom. The number of hydrogen-bond donors (Lipinski definition) is 2. The smallest absolute Gasteiger partial charge is 0.138 e. The Hall–Kier alpha value is -2.96. The lowest BCUT2D eigenvalue weighted by atomic mass is 10.1. The minimum atomic E-state index is -0.612. The highest BCUT2D eigenvalue weighted by atomic mass is 32.1. The maximum Gasteiger partial charge on any atom is 0.138 e. The summed E-state index contributed by atoms with van der Waals surface area (Å²) in [6.07, 6.45) is 0.938. The van der Waals surface area contributed by atoms with Crippen molar-refractivity contribution < 1.29 is 9.84 Å². The highest BCUT2D eigenvalue weighted by Gasteiger charge is 2.14. The third-order valence-corrected chi connectivity index (χ3v) is 5.30. The first-order chi connectivity index (χ1) is 13.3. The number of fused-ring (bicyclic) bond motifs is 1. The van der Waals surface area contributed by atoms with Crippen molar-refractivity contribution in [2.24, 2.45) is 0 Å². The number of benzene rings is 2. The summed E-state index contributed by atoms with van der Waals surface area (Å²) in [5.74, 6) is 1.54. The first kappa shape index (κ1) is 17.5. The van der Waals surface area contributed by atoms with E-state index in [0.717, 1.165) is 38.5 Å². The summed E-state index contributed by atoms with van der Waals surface area (Å²) in [6.45, 7) is 0.369. The van der Waals surface area contributed by atoms with Crippen LogP contribution in [0.1, 0.15) is 11.7 Å². The Bertz CT molecular complexity index is 1030. The minimum Gasteiger partial charge on any atom is -0.497 e. The van der Waals surface area contributed by atoms with Gasteiger partial charge in [0.2, 0.25) is 0 Å². The van der Waals surface area contributed by atoms with E-state index in [9.17, 15) is 5.11 Å². The number of hydrogen-bond acceptors (Lipinski definition) is 6. The zero-order chi connectivity index (χ0) is 18.6. The van der Waals surface area contributed by atoms with Crippen molar-refractivity contribution in [2.75, 3.05) is 19.0 Å². The summed E-state index contributed by atoms with van der Waals surface area (Å²) in [5.41, 5.74) is 3.01. The molecule has 0 aliphatic carbocycles. The maximum atomic E-state index is 10.4. The number of nitrogens with zero attached hydrogens (tertiary/aromatic N) is 2. The van der Waals surface area contributed by atoms with Crippen molar-refractivity contribution in [3.8, 4) is 16.9 Å². The molecule has 2 aromatic heterocycles. The zero-order valence-electron chi connectivity index (χ0n) is 14.8. The van der Waals surface area contributed by atoms with Crippen LogP contribution >= 0.6 is 11.3 Å². The molecule has 0 aliphatic rings. The molecular weight excluding hydrogens is 358 g/mol. The second-order valence-corrected chi connectivity index (χ2v) is 6.95. The van der Waals surface area contributed by atoms with Crippen LogP contribution in [-0.2, 0) is 0 Å². The summed E-state index contributed by atoms with van der Waals surface area (Å²) >= 11 is 1.58. The topological polar surface area (TPSA) is 67.3 Å². The fourth-order valence-electron chi connectivity index (χ4n) is 2.98. The average Bonchev–Trinajstić information content (AvgIpc) is 3.17. The van der Waals surface area contributed by atoms with Gasteiger partial charge >= 0.3 is 0 Å². The van der Waals surface area contributed by atoms with E-state index in [1.165, 1.54) is 0 Å². The molecule has 27 heavy (non-hydrogen) atoms. The van der Waals surface area contributed by atoms with Crippen LogP contribution in [0.4, 0.5) is 5.82 Å². The van der Waals surface area contributed by atoms with E-state index in [1.54, 1.807) is 24.8 Å². The normalized spacial score (nSPS) is 12.1. The third kappa shape index (κ3) is 3.63. The fourth-order valence-corrected chi connectivity index (χ4v) is 3.89.